The number of ether oxygens (including phenoxy) is 2. The molecule has 1 aromatic rings. The first-order valence-corrected chi connectivity index (χ1v) is 6.29. The lowest BCUT2D eigenvalue weighted by molar-refractivity contribution is -0.385. The molecule has 7 heteroatoms. The van der Waals surface area contributed by atoms with Gasteiger partial charge in [0.1, 0.15) is 0 Å². The van der Waals surface area contributed by atoms with Crippen molar-refractivity contribution in [2.45, 2.75) is 18.9 Å². The van der Waals surface area contributed by atoms with Crippen molar-refractivity contribution in [1.29, 1.82) is 0 Å². The number of nitrogens with zero attached hydrogens (tertiary/aromatic N) is 1. The van der Waals surface area contributed by atoms with Crippen molar-refractivity contribution in [1.82, 2.24) is 0 Å². The summed E-state index contributed by atoms with van der Waals surface area (Å²) < 4.78 is 10.3. The van der Waals surface area contributed by atoms with Gasteiger partial charge in [-0.05, 0) is 30.4 Å². The Morgan fingerprint density at radius 1 is 1.45 bits per heavy atom. The Labute approximate surface area is 123 Å². The summed E-state index contributed by atoms with van der Waals surface area (Å²) >= 11 is 0. The number of nitro groups is 1. The predicted molar refractivity (Wildman–Crippen MR) is 77.4 cm³/mol. The minimum Gasteiger partial charge on any atom is -0.490 e. The SMILES string of the molecule is COc1ccc([C@H](N)C2CCOCC2)cc1[N+](=O)[O-].Cl. The standard InChI is InChI=1S/C13H18N2O4.ClH/c1-18-12-3-2-10(8-11(12)15(16)17)13(14)9-4-6-19-7-5-9;/h2-3,8-9,13H,4-7,14H2,1H3;1H/t13-;/m1./s1. The van der Waals surface area contributed by atoms with E-state index in [1.807, 2.05) is 0 Å². The van der Waals surface area contributed by atoms with Crippen LogP contribution in [0.5, 0.6) is 5.75 Å². The molecule has 0 aromatic heterocycles. The van der Waals surface area contributed by atoms with E-state index in [1.54, 1.807) is 12.1 Å². The molecule has 0 bridgehead atoms. The van der Waals surface area contributed by atoms with Crippen LogP contribution in [0.2, 0.25) is 0 Å². The van der Waals surface area contributed by atoms with Crippen molar-refractivity contribution in [3.8, 4) is 5.75 Å². The summed E-state index contributed by atoms with van der Waals surface area (Å²) in [5, 5.41) is 11.0. The average Bonchev–Trinajstić information content (AvgIpc) is 2.46. The number of nitro benzene ring substituents is 1. The van der Waals surface area contributed by atoms with Crippen LogP contribution >= 0.6 is 12.4 Å². The molecule has 112 valence electrons. The molecule has 1 aliphatic rings. The molecule has 1 fully saturated rings. The predicted octanol–water partition coefficient (Wildman–Crippen LogP) is 2.45. The summed E-state index contributed by atoms with van der Waals surface area (Å²) in [5.74, 6) is 0.565. The zero-order valence-electron chi connectivity index (χ0n) is 11.3. The van der Waals surface area contributed by atoms with E-state index in [1.165, 1.54) is 13.2 Å². The van der Waals surface area contributed by atoms with Gasteiger partial charge in [-0.3, -0.25) is 10.1 Å². The van der Waals surface area contributed by atoms with Gasteiger partial charge in [-0.2, -0.15) is 0 Å². The summed E-state index contributed by atoms with van der Waals surface area (Å²) in [7, 11) is 1.42. The fourth-order valence-corrected chi connectivity index (χ4v) is 2.40. The second-order valence-corrected chi connectivity index (χ2v) is 4.66. The van der Waals surface area contributed by atoms with Crippen LogP contribution in [0.1, 0.15) is 24.4 Å². The summed E-state index contributed by atoms with van der Waals surface area (Å²) in [6.07, 6.45) is 1.78. The molecule has 0 aliphatic carbocycles. The normalized spacial score (nSPS) is 17.1. The van der Waals surface area contributed by atoms with Crippen molar-refractivity contribution in [2.24, 2.45) is 11.7 Å². The van der Waals surface area contributed by atoms with Crippen LogP contribution in [0.25, 0.3) is 0 Å². The number of hydrogen-bond donors (Lipinski definition) is 1. The van der Waals surface area contributed by atoms with Gasteiger partial charge in [-0.25, -0.2) is 0 Å². The third-order valence-electron chi connectivity index (χ3n) is 3.56. The fraction of sp³-hybridized carbons (Fsp3) is 0.538. The molecule has 2 rings (SSSR count). The van der Waals surface area contributed by atoms with Crippen LogP contribution in [-0.2, 0) is 4.74 Å². The Hall–Kier alpha value is -1.37. The van der Waals surface area contributed by atoms with Crippen LogP contribution in [0.15, 0.2) is 18.2 Å². The Bertz CT molecular complexity index is 464. The highest BCUT2D eigenvalue weighted by molar-refractivity contribution is 5.85. The van der Waals surface area contributed by atoms with Crippen LogP contribution < -0.4 is 10.5 Å². The van der Waals surface area contributed by atoms with Crippen molar-refractivity contribution >= 4 is 18.1 Å². The van der Waals surface area contributed by atoms with Crippen LogP contribution in [0, 0.1) is 16.0 Å². The lowest BCUT2D eigenvalue weighted by Gasteiger charge is -2.27. The lowest BCUT2D eigenvalue weighted by Crippen LogP contribution is -2.27. The molecule has 1 saturated heterocycles. The second-order valence-electron chi connectivity index (χ2n) is 4.66. The van der Waals surface area contributed by atoms with Gasteiger partial charge in [0.25, 0.3) is 0 Å². The van der Waals surface area contributed by atoms with Crippen molar-refractivity contribution in [2.75, 3.05) is 20.3 Å². The van der Waals surface area contributed by atoms with E-state index in [4.69, 9.17) is 15.2 Å². The Morgan fingerprint density at radius 2 is 2.10 bits per heavy atom. The van der Waals surface area contributed by atoms with Crippen molar-refractivity contribution in [3.63, 3.8) is 0 Å². The quantitative estimate of drug-likeness (QED) is 0.682. The van der Waals surface area contributed by atoms with E-state index in [9.17, 15) is 10.1 Å². The lowest BCUT2D eigenvalue weighted by atomic mass is 9.87. The van der Waals surface area contributed by atoms with Crippen LogP contribution in [0.4, 0.5) is 5.69 Å². The summed E-state index contributed by atoms with van der Waals surface area (Å²) in [4.78, 5) is 10.6. The van der Waals surface area contributed by atoms with Gasteiger partial charge in [-0.1, -0.05) is 6.07 Å². The number of rotatable bonds is 4. The maximum Gasteiger partial charge on any atom is 0.311 e. The smallest absolute Gasteiger partial charge is 0.311 e. The minimum absolute atomic E-state index is 0. The molecular weight excluding hydrogens is 284 g/mol. The average molecular weight is 303 g/mol. The van der Waals surface area contributed by atoms with Crippen LogP contribution in [-0.4, -0.2) is 25.2 Å². The number of methoxy groups -OCH3 is 1. The van der Waals surface area contributed by atoms with Gasteiger partial charge in [-0.15, -0.1) is 12.4 Å². The van der Waals surface area contributed by atoms with Gasteiger partial charge in [0.05, 0.1) is 12.0 Å². The van der Waals surface area contributed by atoms with Crippen molar-refractivity contribution < 1.29 is 14.4 Å². The van der Waals surface area contributed by atoms with E-state index in [2.05, 4.69) is 0 Å². The van der Waals surface area contributed by atoms with E-state index in [0.717, 1.165) is 18.4 Å². The molecule has 0 radical (unpaired) electrons. The van der Waals surface area contributed by atoms with Gasteiger partial charge in [0.15, 0.2) is 5.75 Å². The first-order valence-electron chi connectivity index (χ1n) is 6.29. The maximum absolute atomic E-state index is 11.0. The Morgan fingerprint density at radius 3 is 2.65 bits per heavy atom. The molecule has 0 unspecified atom stereocenters. The molecule has 1 aromatic carbocycles. The molecule has 0 amide bonds. The van der Waals surface area contributed by atoms with E-state index in [0.29, 0.717) is 19.1 Å². The first-order chi connectivity index (χ1) is 9.13. The number of hydrogen-bond acceptors (Lipinski definition) is 5. The largest absolute Gasteiger partial charge is 0.490 e. The summed E-state index contributed by atoms with van der Waals surface area (Å²) in [6.45, 7) is 1.41. The molecule has 0 saturated carbocycles. The third-order valence-corrected chi connectivity index (χ3v) is 3.56. The number of benzene rings is 1. The third kappa shape index (κ3) is 3.59. The molecule has 0 spiro atoms. The van der Waals surface area contributed by atoms with Crippen molar-refractivity contribution in [3.05, 3.63) is 33.9 Å². The van der Waals surface area contributed by atoms with Gasteiger partial charge in [0.2, 0.25) is 0 Å². The monoisotopic (exact) mass is 302 g/mol. The summed E-state index contributed by atoms with van der Waals surface area (Å²) in [6, 6.07) is 4.71. The molecule has 6 nitrogen and oxygen atoms in total. The number of nitrogens with two attached hydrogens (primary N) is 1. The molecule has 1 aliphatic heterocycles. The van der Waals surface area contributed by atoms with E-state index in [-0.39, 0.29) is 29.9 Å². The zero-order chi connectivity index (χ0) is 13.8. The Balaban J connectivity index is 0.00000200. The highest BCUT2D eigenvalue weighted by Crippen LogP contribution is 2.33. The van der Waals surface area contributed by atoms with Gasteiger partial charge >= 0.3 is 5.69 Å². The highest BCUT2D eigenvalue weighted by Gasteiger charge is 2.25. The molecule has 1 heterocycles. The topological polar surface area (TPSA) is 87.6 Å². The van der Waals surface area contributed by atoms with Gasteiger partial charge < -0.3 is 15.2 Å². The maximum atomic E-state index is 11.0. The van der Waals surface area contributed by atoms with Crippen LogP contribution in [0.3, 0.4) is 0 Å². The molecule has 1 atom stereocenters. The second kappa shape index (κ2) is 7.42. The summed E-state index contributed by atoms with van der Waals surface area (Å²) in [5.41, 5.74) is 6.95. The highest BCUT2D eigenvalue weighted by atomic mass is 35.5. The zero-order valence-corrected chi connectivity index (χ0v) is 12.1. The number of halogens is 1. The van der Waals surface area contributed by atoms with Gasteiger partial charge in [0, 0.05) is 25.3 Å². The Kier molecular flexibility index (Phi) is 6.19. The molecule has 2 N–H and O–H groups in total. The first kappa shape index (κ1) is 16.7. The van der Waals surface area contributed by atoms with E-state index < -0.39 is 4.92 Å². The fourth-order valence-electron chi connectivity index (χ4n) is 2.40. The van der Waals surface area contributed by atoms with E-state index >= 15 is 0 Å². The minimum atomic E-state index is -0.445. The molecular formula is C13H19ClN2O4. The molecule has 20 heavy (non-hydrogen) atoms.